The standard InChI is InChI=1S/C13H20N2O2S.ClH/c1-10(7-12-3-2-6-18-12)15-13(16)8-11-9-17-5-4-14-11;/h2-3,6,10-11,14H,4-5,7-9H2,1H3,(H,15,16);1H. The first-order valence-electron chi connectivity index (χ1n) is 6.37. The number of ether oxygens (including phenoxy) is 1. The van der Waals surface area contributed by atoms with Crippen molar-refractivity contribution in [2.45, 2.75) is 31.8 Å². The van der Waals surface area contributed by atoms with Gasteiger partial charge in [-0.2, -0.15) is 0 Å². The molecule has 1 aromatic heterocycles. The molecule has 0 saturated carbocycles. The highest BCUT2D eigenvalue weighted by Gasteiger charge is 2.17. The lowest BCUT2D eigenvalue weighted by Gasteiger charge is -2.24. The number of halogens is 1. The molecule has 1 aliphatic heterocycles. The molecule has 19 heavy (non-hydrogen) atoms. The molecule has 2 rings (SSSR count). The average molecular weight is 305 g/mol. The Hall–Kier alpha value is -0.620. The van der Waals surface area contributed by atoms with E-state index in [1.54, 1.807) is 11.3 Å². The van der Waals surface area contributed by atoms with E-state index in [1.165, 1.54) is 4.88 Å². The van der Waals surface area contributed by atoms with Crippen molar-refractivity contribution in [3.05, 3.63) is 22.4 Å². The second-order valence-electron chi connectivity index (χ2n) is 4.68. The van der Waals surface area contributed by atoms with E-state index in [1.807, 2.05) is 13.0 Å². The predicted octanol–water partition coefficient (Wildman–Crippen LogP) is 1.60. The molecule has 0 aliphatic carbocycles. The molecule has 0 bridgehead atoms. The molecule has 2 unspecified atom stereocenters. The van der Waals surface area contributed by atoms with E-state index < -0.39 is 0 Å². The van der Waals surface area contributed by atoms with Gasteiger partial charge in [0.1, 0.15) is 0 Å². The molecule has 108 valence electrons. The largest absolute Gasteiger partial charge is 0.378 e. The molecule has 4 nitrogen and oxygen atoms in total. The first-order chi connectivity index (χ1) is 8.74. The highest BCUT2D eigenvalue weighted by molar-refractivity contribution is 7.09. The molecule has 2 N–H and O–H groups in total. The van der Waals surface area contributed by atoms with Crippen LogP contribution in [0.25, 0.3) is 0 Å². The number of carbonyl (C=O) groups excluding carboxylic acids is 1. The van der Waals surface area contributed by atoms with Crippen molar-refractivity contribution in [2.24, 2.45) is 0 Å². The zero-order chi connectivity index (χ0) is 12.8. The Morgan fingerprint density at radius 1 is 1.68 bits per heavy atom. The summed E-state index contributed by atoms with van der Waals surface area (Å²) >= 11 is 1.73. The van der Waals surface area contributed by atoms with Gasteiger partial charge in [0, 0.05) is 36.3 Å². The van der Waals surface area contributed by atoms with Crippen LogP contribution >= 0.6 is 23.7 Å². The van der Waals surface area contributed by atoms with Crippen molar-refractivity contribution >= 4 is 29.7 Å². The van der Waals surface area contributed by atoms with Crippen LogP contribution in [-0.4, -0.2) is 37.7 Å². The summed E-state index contributed by atoms with van der Waals surface area (Å²) in [7, 11) is 0. The zero-order valence-electron chi connectivity index (χ0n) is 11.1. The minimum atomic E-state index is 0. The summed E-state index contributed by atoms with van der Waals surface area (Å²) in [5.41, 5.74) is 0. The van der Waals surface area contributed by atoms with Gasteiger partial charge in [-0.15, -0.1) is 23.7 Å². The first kappa shape index (κ1) is 16.4. The third-order valence-electron chi connectivity index (χ3n) is 2.93. The lowest BCUT2D eigenvalue weighted by Crippen LogP contribution is -2.45. The maximum Gasteiger partial charge on any atom is 0.221 e. The Kier molecular flexibility index (Phi) is 7.38. The lowest BCUT2D eigenvalue weighted by molar-refractivity contribution is -0.122. The van der Waals surface area contributed by atoms with E-state index in [4.69, 9.17) is 4.74 Å². The van der Waals surface area contributed by atoms with E-state index in [9.17, 15) is 4.79 Å². The Morgan fingerprint density at radius 2 is 2.53 bits per heavy atom. The molecule has 6 heteroatoms. The molecule has 1 saturated heterocycles. The molecule has 2 heterocycles. The molecule has 0 aromatic carbocycles. The van der Waals surface area contributed by atoms with E-state index in [-0.39, 0.29) is 30.4 Å². The van der Waals surface area contributed by atoms with Crippen molar-refractivity contribution in [3.63, 3.8) is 0 Å². The highest BCUT2D eigenvalue weighted by Crippen LogP contribution is 2.11. The normalized spacial score (nSPS) is 20.4. The van der Waals surface area contributed by atoms with Crippen LogP contribution in [0.1, 0.15) is 18.2 Å². The summed E-state index contributed by atoms with van der Waals surface area (Å²) in [6.07, 6.45) is 1.40. The van der Waals surface area contributed by atoms with Gasteiger partial charge in [0.15, 0.2) is 0 Å². The topological polar surface area (TPSA) is 50.4 Å². The molecule has 1 aliphatic rings. The van der Waals surface area contributed by atoms with Gasteiger partial charge in [-0.3, -0.25) is 4.79 Å². The number of carbonyl (C=O) groups is 1. The van der Waals surface area contributed by atoms with Crippen molar-refractivity contribution in [2.75, 3.05) is 19.8 Å². The minimum Gasteiger partial charge on any atom is -0.378 e. The van der Waals surface area contributed by atoms with E-state index in [0.717, 1.165) is 19.6 Å². The Bertz CT molecular complexity index is 367. The SMILES string of the molecule is CC(Cc1cccs1)NC(=O)CC1COCCN1.Cl. The highest BCUT2D eigenvalue weighted by atomic mass is 35.5. The van der Waals surface area contributed by atoms with Gasteiger partial charge in [-0.05, 0) is 18.4 Å². The van der Waals surface area contributed by atoms with E-state index >= 15 is 0 Å². The average Bonchev–Trinajstić information content (AvgIpc) is 2.82. The summed E-state index contributed by atoms with van der Waals surface area (Å²) in [4.78, 5) is 13.2. The number of nitrogens with one attached hydrogen (secondary N) is 2. The quantitative estimate of drug-likeness (QED) is 0.869. The molecule has 1 amide bonds. The number of rotatable bonds is 5. The van der Waals surface area contributed by atoms with Crippen LogP contribution in [0, 0.1) is 0 Å². The predicted molar refractivity (Wildman–Crippen MR) is 80.1 cm³/mol. The molecule has 1 fully saturated rings. The smallest absolute Gasteiger partial charge is 0.221 e. The van der Waals surface area contributed by atoms with Crippen molar-refractivity contribution < 1.29 is 9.53 Å². The summed E-state index contributed by atoms with van der Waals surface area (Å²) < 4.78 is 5.33. The summed E-state index contributed by atoms with van der Waals surface area (Å²) in [5, 5.41) is 8.39. The van der Waals surface area contributed by atoms with Gasteiger partial charge < -0.3 is 15.4 Å². The van der Waals surface area contributed by atoms with Crippen molar-refractivity contribution in [3.8, 4) is 0 Å². The van der Waals surface area contributed by atoms with Crippen LogP contribution in [0.3, 0.4) is 0 Å². The minimum absolute atomic E-state index is 0. The van der Waals surface area contributed by atoms with Crippen LogP contribution in [-0.2, 0) is 16.0 Å². The third kappa shape index (κ3) is 5.91. The fourth-order valence-corrected chi connectivity index (χ4v) is 2.93. The Morgan fingerprint density at radius 3 is 3.16 bits per heavy atom. The van der Waals surface area contributed by atoms with Gasteiger partial charge in [0.25, 0.3) is 0 Å². The molecule has 2 atom stereocenters. The van der Waals surface area contributed by atoms with Crippen LogP contribution in [0.4, 0.5) is 0 Å². The summed E-state index contributed by atoms with van der Waals surface area (Å²) in [6, 6.07) is 4.48. The second-order valence-corrected chi connectivity index (χ2v) is 5.71. The van der Waals surface area contributed by atoms with Gasteiger partial charge in [-0.1, -0.05) is 6.07 Å². The summed E-state index contributed by atoms with van der Waals surface area (Å²) in [5.74, 6) is 0.0991. The van der Waals surface area contributed by atoms with Gasteiger partial charge in [0.2, 0.25) is 5.91 Å². The van der Waals surface area contributed by atoms with Crippen LogP contribution in [0.2, 0.25) is 0 Å². The maximum absolute atomic E-state index is 11.8. The number of hydrogen-bond donors (Lipinski definition) is 2. The number of hydrogen-bond acceptors (Lipinski definition) is 4. The molecular weight excluding hydrogens is 284 g/mol. The fraction of sp³-hybridized carbons (Fsp3) is 0.615. The number of thiophene rings is 1. The van der Waals surface area contributed by atoms with Gasteiger partial charge in [0.05, 0.1) is 13.2 Å². The molecule has 0 radical (unpaired) electrons. The molecular formula is C13H21ClN2O2S. The van der Waals surface area contributed by atoms with Gasteiger partial charge >= 0.3 is 0 Å². The monoisotopic (exact) mass is 304 g/mol. The Labute approximate surface area is 124 Å². The Balaban J connectivity index is 0.00000180. The first-order valence-corrected chi connectivity index (χ1v) is 7.25. The van der Waals surface area contributed by atoms with E-state index in [2.05, 4.69) is 22.1 Å². The number of amides is 1. The lowest BCUT2D eigenvalue weighted by atomic mass is 10.1. The van der Waals surface area contributed by atoms with Crippen LogP contribution in [0.15, 0.2) is 17.5 Å². The fourth-order valence-electron chi connectivity index (χ4n) is 2.09. The number of morpholine rings is 1. The molecule has 1 aromatic rings. The second kappa shape index (κ2) is 8.53. The van der Waals surface area contributed by atoms with Crippen LogP contribution < -0.4 is 10.6 Å². The third-order valence-corrected chi connectivity index (χ3v) is 3.82. The van der Waals surface area contributed by atoms with Gasteiger partial charge in [-0.25, -0.2) is 0 Å². The van der Waals surface area contributed by atoms with Crippen LogP contribution in [0.5, 0.6) is 0 Å². The van der Waals surface area contributed by atoms with Crippen molar-refractivity contribution in [1.82, 2.24) is 10.6 Å². The summed E-state index contributed by atoms with van der Waals surface area (Å²) in [6.45, 7) is 4.25. The zero-order valence-corrected chi connectivity index (χ0v) is 12.7. The molecule has 0 spiro atoms. The van der Waals surface area contributed by atoms with Crippen molar-refractivity contribution in [1.29, 1.82) is 0 Å². The van der Waals surface area contributed by atoms with E-state index in [0.29, 0.717) is 13.0 Å². The maximum atomic E-state index is 11.8.